The Bertz CT molecular complexity index is 1260. The fourth-order valence-corrected chi connectivity index (χ4v) is 4.16. The van der Waals surface area contributed by atoms with Crippen LogP contribution in [0.1, 0.15) is 43.7 Å². The minimum atomic E-state index is -2.85. The molecule has 0 aliphatic carbocycles. The minimum Gasteiger partial charge on any atom is -0.492 e. The van der Waals surface area contributed by atoms with Crippen LogP contribution in [0.25, 0.3) is 22.0 Å². The highest BCUT2D eigenvalue weighted by Crippen LogP contribution is 2.28. The lowest BCUT2D eigenvalue weighted by Crippen LogP contribution is -2.02. The molecule has 3 aromatic carbocycles. The summed E-state index contributed by atoms with van der Waals surface area (Å²) in [5, 5.41) is 1.37. The molecule has 4 aromatic rings. The van der Waals surface area contributed by atoms with Crippen molar-refractivity contribution >= 4 is 10.8 Å². The van der Waals surface area contributed by atoms with Gasteiger partial charge in [-0.1, -0.05) is 62.6 Å². The van der Waals surface area contributed by atoms with Gasteiger partial charge in [-0.3, -0.25) is 4.98 Å². The van der Waals surface area contributed by atoms with Gasteiger partial charge in [0.15, 0.2) is 0 Å². The van der Waals surface area contributed by atoms with Crippen LogP contribution in [-0.2, 0) is 12.8 Å². The van der Waals surface area contributed by atoms with Crippen molar-refractivity contribution in [3.05, 3.63) is 89.9 Å². The Hall–Kier alpha value is -3.54. The van der Waals surface area contributed by atoms with E-state index in [4.69, 9.17) is 4.74 Å². The Morgan fingerprint density at radius 1 is 0.833 bits per heavy atom. The summed E-state index contributed by atoms with van der Waals surface area (Å²) in [6, 6.07) is 19.6. The minimum absolute atomic E-state index is 0.112. The predicted octanol–water partition coefficient (Wildman–Crippen LogP) is 8.39. The van der Waals surface area contributed by atoms with E-state index >= 15 is 4.39 Å². The average Bonchev–Trinajstić information content (AvgIpc) is 2.89. The highest BCUT2D eigenvalue weighted by molar-refractivity contribution is 5.88. The second kappa shape index (κ2) is 12.4. The Morgan fingerprint density at radius 3 is 2.36 bits per heavy atom. The summed E-state index contributed by atoms with van der Waals surface area (Å²) in [5.74, 6) is 0.625. The van der Waals surface area contributed by atoms with Crippen molar-refractivity contribution in [3.63, 3.8) is 0 Å². The Balaban J connectivity index is 1.40. The van der Waals surface area contributed by atoms with Crippen molar-refractivity contribution in [3.8, 4) is 22.8 Å². The lowest BCUT2D eigenvalue weighted by molar-refractivity contribution is -0.0498. The highest BCUT2D eigenvalue weighted by Gasteiger charge is 2.10. The predicted molar refractivity (Wildman–Crippen MR) is 137 cm³/mol. The third kappa shape index (κ3) is 6.78. The smallest absolute Gasteiger partial charge is 0.387 e. The first-order chi connectivity index (χ1) is 17.5. The van der Waals surface area contributed by atoms with E-state index in [0.29, 0.717) is 30.4 Å². The topological polar surface area (TPSA) is 31.4 Å². The number of hydrogen-bond donors (Lipinski definition) is 0. The number of aryl methyl sites for hydroxylation is 2. The monoisotopic (exact) mass is 493 g/mol. The second-order valence-electron chi connectivity index (χ2n) is 8.79. The number of halogens is 3. The average molecular weight is 494 g/mol. The Labute approximate surface area is 209 Å². The molecule has 4 rings (SSSR count). The SMILES string of the molecule is CCCCCCOc1ccc(-c2ccc3c(F)c(CCc4ccc(OC(F)F)cc4)ccc3c2)nc1. The molecule has 0 fully saturated rings. The van der Waals surface area contributed by atoms with E-state index in [1.165, 1.54) is 31.4 Å². The Kier molecular flexibility index (Phi) is 8.82. The zero-order valence-electron chi connectivity index (χ0n) is 20.4. The van der Waals surface area contributed by atoms with Gasteiger partial charge in [0.05, 0.1) is 18.5 Å². The quantitative estimate of drug-likeness (QED) is 0.186. The van der Waals surface area contributed by atoms with E-state index in [-0.39, 0.29) is 11.6 Å². The van der Waals surface area contributed by atoms with E-state index in [1.54, 1.807) is 30.5 Å². The van der Waals surface area contributed by atoms with Crippen LogP contribution in [0.15, 0.2) is 72.9 Å². The Morgan fingerprint density at radius 2 is 1.64 bits per heavy atom. The van der Waals surface area contributed by atoms with Crippen LogP contribution in [-0.4, -0.2) is 18.2 Å². The van der Waals surface area contributed by atoms with E-state index in [0.717, 1.165) is 34.4 Å². The first-order valence-electron chi connectivity index (χ1n) is 12.4. The van der Waals surface area contributed by atoms with Gasteiger partial charge in [-0.15, -0.1) is 0 Å². The molecule has 0 unspecified atom stereocenters. The fourth-order valence-electron chi connectivity index (χ4n) is 4.16. The number of nitrogens with zero attached hydrogens (tertiary/aromatic N) is 1. The van der Waals surface area contributed by atoms with Gasteiger partial charge in [0, 0.05) is 10.9 Å². The third-order valence-corrected chi connectivity index (χ3v) is 6.16. The molecule has 1 aromatic heterocycles. The molecule has 188 valence electrons. The molecular formula is C30H30F3NO2. The number of aromatic nitrogens is 1. The molecule has 0 bridgehead atoms. The molecule has 0 atom stereocenters. The molecule has 36 heavy (non-hydrogen) atoms. The van der Waals surface area contributed by atoms with Crippen molar-refractivity contribution < 1.29 is 22.6 Å². The number of alkyl halides is 2. The number of benzene rings is 3. The van der Waals surface area contributed by atoms with Gasteiger partial charge < -0.3 is 9.47 Å². The van der Waals surface area contributed by atoms with Gasteiger partial charge in [0.2, 0.25) is 0 Å². The van der Waals surface area contributed by atoms with Crippen LogP contribution in [0.2, 0.25) is 0 Å². The second-order valence-corrected chi connectivity index (χ2v) is 8.79. The van der Waals surface area contributed by atoms with E-state index in [1.807, 2.05) is 30.3 Å². The molecule has 0 saturated heterocycles. The van der Waals surface area contributed by atoms with Gasteiger partial charge in [-0.25, -0.2) is 4.39 Å². The molecule has 3 nitrogen and oxygen atoms in total. The van der Waals surface area contributed by atoms with Gasteiger partial charge in [0.25, 0.3) is 0 Å². The number of unbranched alkanes of at least 4 members (excludes halogenated alkanes) is 3. The molecule has 0 amide bonds. The van der Waals surface area contributed by atoms with Crippen molar-refractivity contribution in [1.82, 2.24) is 4.98 Å². The zero-order chi connectivity index (χ0) is 25.3. The number of ether oxygens (including phenoxy) is 2. The maximum absolute atomic E-state index is 15.2. The number of fused-ring (bicyclic) bond motifs is 1. The maximum Gasteiger partial charge on any atom is 0.387 e. The van der Waals surface area contributed by atoms with Gasteiger partial charge in [-0.05, 0) is 66.1 Å². The normalized spacial score (nSPS) is 11.2. The lowest BCUT2D eigenvalue weighted by atomic mass is 9.98. The van der Waals surface area contributed by atoms with Crippen molar-refractivity contribution in [2.45, 2.75) is 52.1 Å². The summed E-state index contributed by atoms with van der Waals surface area (Å²) in [6.45, 7) is 0.0272. The van der Waals surface area contributed by atoms with Crippen LogP contribution < -0.4 is 9.47 Å². The number of hydrogen-bond acceptors (Lipinski definition) is 3. The fraction of sp³-hybridized carbons (Fsp3) is 0.300. The molecule has 0 N–H and O–H groups in total. The van der Waals surface area contributed by atoms with Crippen LogP contribution >= 0.6 is 0 Å². The van der Waals surface area contributed by atoms with Gasteiger partial charge in [0.1, 0.15) is 17.3 Å². The third-order valence-electron chi connectivity index (χ3n) is 6.16. The summed E-state index contributed by atoms with van der Waals surface area (Å²) in [5.41, 5.74) is 3.25. The van der Waals surface area contributed by atoms with Crippen LogP contribution in [0.5, 0.6) is 11.5 Å². The summed E-state index contributed by atoms with van der Waals surface area (Å²) in [6.07, 6.45) is 7.45. The summed E-state index contributed by atoms with van der Waals surface area (Å²) >= 11 is 0. The van der Waals surface area contributed by atoms with Crippen molar-refractivity contribution in [2.24, 2.45) is 0 Å². The van der Waals surface area contributed by atoms with Crippen LogP contribution in [0.3, 0.4) is 0 Å². The first kappa shape index (κ1) is 25.5. The van der Waals surface area contributed by atoms with Crippen LogP contribution in [0.4, 0.5) is 13.2 Å². The maximum atomic E-state index is 15.2. The molecule has 0 aliphatic heterocycles. The van der Waals surface area contributed by atoms with Crippen LogP contribution in [0, 0.1) is 5.82 Å². The standard InChI is InChI=1S/C30H30F3NO2/c1-2-3-4-5-18-35-26-15-17-28(34-20-26)24-12-16-27-23(19-24)11-10-22(29(27)31)9-6-21-7-13-25(14-8-21)36-30(32)33/h7-8,10-17,19-20,30H,2-6,9,18H2,1H3. The molecule has 0 radical (unpaired) electrons. The number of pyridine rings is 1. The number of rotatable bonds is 12. The van der Waals surface area contributed by atoms with E-state index < -0.39 is 6.61 Å². The van der Waals surface area contributed by atoms with Gasteiger partial charge >= 0.3 is 6.61 Å². The van der Waals surface area contributed by atoms with Gasteiger partial charge in [-0.2, -0.15) is 8.78 Å². The summed E-state index contributed by atoms with van der Waals surface area (Å²) < 4.78 is 50.0. The van der Waals surface area contributed by atoms with E-state index in [9.17, 15) is 8.78 Å². The molecule has 0 aliphatic rings. The summed E-state index contributed by atoms with van der Waals surface area (Å²) in [4.78, 5) is 4.53. The molecule has 6 heteroatoms. The summed E-state index contributed by atoms with van der Waals surface area (Å²) in [7, 11) is 0. The van der Waals surface area contributed by atoms with Crippen molar-refractivity contribution in [2.75, 3.05) is 6.61 Å². The molecule has 1 heterocycles. The zero-order valence-corrected chi connectivity index (χ0v) is 20.4. The molecular weight excluding hydrogens is 463 g/mol. The first-order valence-corrected chi connectivity index (χ1v) is 12.4. The largest absolute Gasteiger partial charge is 0.492 e. The lowest BCUT2D eigenvalue weighted by Gasteiger charge is -2.10. The molecule has 0 spiro atoms. The van der Waals surface area contributed by atoms with Crippen molar-refractivity contribution in [1.29, 1.82) is 0 Å². The highest BCUT2D eigenvalue weighted by atomic mass is 19.3. The van der Waals surface area contributed by atoms with E-state index in [2.05, 4.69) is 16.6 Å². The molecule has 0 saturated carbocycles.